The van der Waals surface area contributed by atoms with Crippen LogP contribution in [0.3, 0.4) is 0 Å². The molecule has 1 aliphatic rings. The first-order valence-electron chi connectivity index (χ1n) is 3.34. The van der Waals surface area contributed by atoms with Gasteiger partial charge in [0.15, 0.2) is 5.79 Å². The molecule has 0 aliphatic carbocycles. The zero-order chi connectivity index (χ0) is 6.74. The molecule has 2 nitrogen and oxygen atoms in total. The summed E-state index contributed by atoms with van der Waals surface area (Å²) >= 11 is 0. The van der Waals surface area contributed by atoms with E-state index in [1.807, 2.05) is 6.92 Å². The van der Waals surface area contributed by atoms with Crippen LogP contribution in [0.1, 0.15) is 19.8 Å². The van der Waals surface area contributed by atoms with E-state index >= 15 is 0 Å². The van der Waals surface area contributed by atoms with Crippen LogP contribution < -0.4 is 18.9 Å². The fraction of sp³-hybridized carbons (Fsp3) is 0.857. The first-order valence-corrected chi connectivity index (χ1v) is 3.34. The van der Waals surface area contributed by atoms with Gasteiger partial charge in [-0.1, -0.05) is 0 Å². The SMILES string of the molecule is [CH2-]CCC1(C)OCCO1.[Li+]. The second-order valence-electron chi connectivity index (χ2n) is 2.43. The molecule has 0 bridgehead atoms. The Balaban J connectivity index is 0.000000810. The molecular formula is C7H13LiO2. The maximum Gasteiger partial charge on any atom is 1.00 e. The van der Waals surface area contributed by atoms with Gasteiger partial charge in [-0.05, 0) is 13.3 Å². The summed E-state index contributed by atoms with van der Waals surface area (Å²) < 4.78 is 10.6. The van der Waals surface area contributed by atoms with Crippen molar-refractivity contribution in [3.63, 3.8) is 0 Å². The van der Waals surface area contributed by atoms with Crippen LogP contribution in [0.4, 0.5) is 0 Å². The Morgan fingerprint density at radius 1 is 1.40 bits per heavy atom. The van der Waals surface area contributed by atoms with E-state index in [2.05, 4.69) is 6.92 Å². The minimum absolute atomic E-state index is 0. The molecule has 0 amide bonds. The monoisotopic (exact) mass is 136 g/mol. The van der Waals surface area contributed by atoms with Gasteiger partial charge in [-0.25, -0.2) is 0 Å². The molecule has 1 saturated heterocycles. The van der Waals surface area contributed by atoms with Crippen molar-refractivity contribution in [1.82, 2.24) is 0 Å². The van der Waals surface area contributed by atoms with Crippen molar-refractivity contribution < 1.29 is 28.3 Å². The molecule has 0 spiro atoms. The van der Waals surface area contributed by atoms with E-state index in [9.17, 15) is 0 Å². The van der Waals surface area contributed by atoms with Gasteiger partial charge in [0.05, 0.1) is 13.2 Å². The predicted octanol–water partition coefficient (Wildman–Crippen LogP) is -1.63. The summed E-state index contributed by atoms with van der Waals surface area (Å²) in [6.07, 6.45) is 1.77. The fourth-order valence-corrected chi connectivity index (χ4v) is 1.02. The second-order valence-corrected chi connectivity index (χ2v) is 2.43. The first-order chi connectivity index (χ1) is 4.27. The van der Waals surface area contributed by atoms with Crippen molar-refractivity contribution in [3.8, 4) is 0 Å². The van der Waals surface area contributed by atoms with Gasteiger partial charge in [0.1, 0.15) is 0 Å². The molecule has 1 rings (SSSR count). The van der Waals surface area contributed by atoms with Crippen molar-refractivity contribution >= 4 is 0 Å². The minimum Gasteiger partial charge on any atom is -0.348 e. The van der Waals surface area contributed by atoms with Gasteiger partial charge >= 0.3 is 18.9 Å². The molecule has 0 atom stereocenters. The van der Waals surface area contributed by atoms with Crippen LogP contribution in [-0.4, -0.2) is 19.0 Å². The molecule has 0 unspecified atom stereocenters. The summed E-state index contributed by atoms with van der Waals surface area (Å²) in [6, 6.07) is 0. The van der Waals surface area contributed by atoms with E-state index in [0.717, 1.165) is 26.1 Å². The largest absolute Gasteiger partial charge is 1.00 e. The normalized spacial score (nSPS) is 22.2. The Kier molecular flexibility index (Phi) is 4.63. The van der Waals surface area contributed by atoms with Gasteiger partial charge in [-0.15, -0.1) is 0 Å². The minimum atomic E-state index is -0.318. The molecule has 0 aromatic heterocycles. The molecule has 0 aromatic rings. The zero-order valence-corrected chi connectivity index (χ0v) is 6.85. The summed E-state index contributed by atoms with van der Waals surface area (Å²) in [6.45, 7) is 7.16. The van der Waals surface area contributed by atoms with Crippen molar-refractivity contribution in [2.24, 2.45) is 0 Å². The smallest absolute Gasteiger partial charge is 0.348 e. The predicted molar refractivity (Wildman–Crippen MR) is 34.9 cm³/mol. The van der Waals surface area contributed by atoms with Gasteiger partial charge in [0.25, 0.3) is 0 Å². The third-order valence-electron chi connectivity index (χ3n) is 1.53. The Bertz CT molecular complexity index is 89.6. The van der Waals surface area contributed by atoms with Gasteiger partial charge < -0.3 is 16.4 Å². The van der Waals surface area contributed by atoms with Crippen LogP contribution in [0.25, 0.3) is 0 Å². The topological polar surface area (TPSA) is 18.5 Å². The summed E-state index contributed by atoms with van der Waals surface area (Å²) in [4.78, 5) is 0. The van der Waals surface area contributed by atoms with Crippen LogP contribution in [0.5, 0.6) is 0 Å². The quantitative estimate of drug-likeness (QED) is 0.335. The number of hydrogen-bond donors (Lipinski definition) is 0. The van der Waals surface area contributed by atoms with E-state index in [0.29, 0.717) is 0 Å². The summed E-state index contributed by atoms with van der Waals surface area (Å²) in [5.74, 6) is -0.318. The van der Waals surface area contributed by atoms with Gasteiger partial charge in [-0.3, -0.25) is 0 Å². The van der Waals surface area contributed by atoms with E-state index in [1.165, 1.54) is 0 Å². The summed E-state index contributed by atoms with van der Waals surface area (Å²) in [5.41, 5.74) is 0. The number of hydrogen-bond acceptors (Lipinski definition) is 2. The molecule has 0 aromatic carbocycles. The average Bonchev–Trinajstić information content (AvgIpc) is 2.16. The molecule has 1 fully saturated rings. The van der Waals surface area contributed by atoms with Gasteiger partial charge in [-0.2, -0.15) is 6.42 Å². The van der Waals surface area contributed by atoms with Gasteiger partial charge in [0.2, 0.25) is 0 Å². The van der Waals surface area contributed by atoms with E-state index in [-0.39, 0.29) is 24.6 Å². The third-order valence-corrected chi connectivity index (χ3v) is 1.53. The Labute approximate surface area is 74.4 Å². The fourth-order valence-electron chi connectivity index (χ4n) is 1.02. The van der Waals surface area contributed by atoms with E-state index in [1.54, 1.807) is 0 Å². The van der Waals surface area contributed by atoms with Crippen molar-refractivity contribution in [2.75, 3.05) is 13.2 Å². The number of ether oxygens (including phenoxy) is 2. The molecule has 1 heterocycles. The van der Waals surface area contributed by atoms with Crippen molar-refractivity contribution in [1.29, 1.82) is 0 Å². The Morgan fingerprint density at radius 3 is 2.30 bits per heavy atom. The summed E-state index contributed by atoms with van der Waals surface area (Å²) in [5, 5.41) is 0. The standard InChI is InChI=1S/C7H13O2.Li/c1-3-4-7(2)8-5-6-9-7;/h1,3-6H2,2H3;/q-1;+1. The van der Waals surface area contributed by atoms with Crippen molar-refractivity contribution in [3.05, 3.63) is 6.92 Å². The van der Waals surface area contributed by atoms with Crippen LogP contribution in [-0.2, 0) is 9.47 Å². The Morgan fingerprint density at radius 2 is 1.90 bits per heavy atom. The maximum absolute atomic E-state index is 5.32. The number of rotatable bonds is 2. The van der Waals surface area contributed by atoms with Crippen LogP contribution in [0.15, 0.2) is 0 Å². The average molecular weight is 136 g/mol. The molecule has 0 radical (unpaired) electrons. The van der Waals surface area contributed by atoms with Crippen molar-refractivity contribution in [2.45, 2.75) is 25.6 Å². The molecule has 3 heteroatoms. The molecule has 10 heavy (non-hydrogen) atoms. The zero-order valence-electron chi connectivity index (χ0n) is 6.85. The Hall–Kier alpha value is 0.517. The van der Waals surface area contributed by atoms with E-state index in [4.69, 9.17) is 9.47 Å². The van der Waals surface area contributed by atoms with Crippen LogP contribution >= 0.6 is 0 Å². The van der Waals surface area contributed by atoms with Gasteiger partial charge in [0, 0.05) is 0 Å². The summed E-state index contributed by atoms with van der Waals surface area (Å²) in [7, 11) is 0. The van der Waals surface area contributed by atoms with E-state index < -0.39 is 0 Å². The first kappa shape index (κ1) is 10.5. The maximum atomic E-state index is 5.32. The second kappa shape index (κ2) is 4.41. The van der Waals surface area contributed by atoms with Crippen LogP contribution in [0, 0.1) is 6.92 Å². The molecule has 1 aliphatic heterocycles. The third kappa shape index (κ3) is 2.63. The molecule has 0 N–H and O–H groups in total. The molecular weight excluding hydrogens is 123 g/mol. The van der Waals surface area contributed by atoms with Crippen LogP contribution in [0.2, 0.25) is 0 Å². The molecule has 0 saturated carbocycles. The molecule has 54 valence electrons.